The van der Waals surface area contributed by atoms with Crippen LogP contribution in [0.4, 0.5) is 0 Å². The number of benzene rings is 1. The van der Waals surface area contributed by atoms with E-state index in [0.717, 1.165) is 18.4 Å². The molecule has 1 aromatic carbocycles. The number of hydrogen-bond donors (Lipinski definition) is 0. The van der Waals surface area contributed by atoms with Gasteiger partial charge in [0, 0.05) is 11.3 Å². The Morgan fingerprint density at radius 3 is 2.21 bits per heavy atom. The van der Waals surface area contributed by atoms with Gasteiger partial charge in [-0.15, -0.1) is 5.70 Å². The first-order chi connectivity index (χ1) is 13.4. The van der Waals surface area contributed by atoms with Gasteiger partial charge in [-0.05, 0) is 37.0 Å². The van der Waals surface area contributed by atoms with Crippen molar-refractivity contribution in [2.75, 3.05) is 0 Å². The molecule has 4 heteroatoms. The van der Waals surface area contributed by atoms with Gasteiger partial charge in [-0.25, -0.2) is 0 Å². The zero-order chi connectivity index (χ0) is 20.7. The molecule has 1 atom stereocenters. The van der Waals surface area contributed by atoms with Gasteiger partial charge in [0.2, 0.25) is 0 Å². The summed E-state index contributed by atoms with van der Waals surface area (Å²) in [4.78, 5) is 0. The molecule has 2 aliphatic rings. The summed E-state index contributed by atoms with van der Waals surface area (Å²) in [6.45, 7) is 8.78. The first-order valence-corrected chi connectivity index (χ1v) is 13.1. The average Bonchev–Trinajstić information content (AvgIpc) is 3.24. The minimum atomic E-state index is -0.181. The van der Waals surface area contributed by atoms with Crippen molar-refractivity contribution in [2.45, 2.75) is 40.5 Å². The van der Waals surface area contributed by atoms with Crippen LogP contribution in [0.1, 0.15) is 46.1 Å². The first-order valence-electron chi connectivity index (χ1n) is 9.56. The van der Waals surface area contributed by atoms with Crippen LogP contribution in [0.25, 0.3) is 11.3 Å². The Hall–Kier alpha value is -1.17. The van der Waals surface area contributed by atoms with Crippen LogP contribution in [0.3, 0.4) is 0 Å². The van der Waals surface area contributed by atoms with E-state index in [1.165, 1.54) is 22.3 Å². The standard InChI is InChI=1S/C24H28N.2ClH.Cr/c1-5-11-21(19-12-7-6-8-13-19)22-16-17(2)23(25)18(3)24(22,4)20-14-9-10-15-20;;;/h6-10,12-16,20,25H,5,11H2,1-4H3;2*1H;/q-1;;;+3/p-2. The van der Waals surface area contributed by atoms with Gasteiger partial charge in [0.25, 0.3) is 0 Å². The quantitative estimate of drug-likeness (QED) is 0.436. The SMILES string of the molecule is CCCC(=C1C=C(C)C([NH-])=C(C)C1(C)C1C=CC=C1)c1ccccc1.[Cl][Cr+][Cl]. The van der Waals surface area contributed by atoms with Crippen molar-refractivity contribution in [1.29, 1.82) is 0 Å². The third-order valence-corrected chi connectivity index (χ3v) is 5.83. The average molecular weight is 453 g/mol. The van der Waals surface area contributed by atoms with E-state index in [-0.39, 0.29) is 18.8 Å². The molecule has 2 aliphatic carbocycles. The van der Waals surface area contributed by atoms with Crippen molar-refractivity contribution in [3.05, 3.63) is 94.4 Å². The Bertz CT molecular complexity index is 821. The molecule has 0 radical (unpaired) electrons. The Labute approximate surface area is 184 Å². The summed E-state index contributed by atoms with van der Waals surface area (Å²) in [6.07, 6.45) is 13.3. The van der Waals surface area contributed by atoms with Crippen molar-refractivity contribution in [3.8, 4) is 0 Å². The summed E-state index contributed by atoms with van der Waals surface area (Å²) in [7, 11) is 9.65. The van der Waals surface area contributed by atoms with Crippen LogP contribution in [0.2, 0.25) is 0 Å². The molecule has 3 rings (SSSR count). The van der Waals surface area contributed by atoms with Gasteiger partial charge in [-0.2, -0.15) is 0 Å². The third kappa shape index (κ3) is 4.69. The predicted molar refractivity (Wildman–Crippen MR) is 121 cm³/mol. The van der Waals surface area contributed by atoms with E-state index in [0.29, 0.717) is 11.6 Å². The van der Waals surface area contributed by atoms with Gasteiger partial charge in [0.15, 0.2) is 0 Å². The molecule has 0 fully saturated rings. The van der Waals surface area contributed by atoms with Crippen LogP contribution in [0.5, 0.6) is 0 Å². The molecule has 1 unspecified atom stereocenters. The van der Waals surface area contributed by atoms with Crippen LogP contribution in [0.15, 0.2) is 83.1 Å². The summed E-state index contributed by atoms with van der Waals surface area (Å²) in [5, 5.41) is 0. The fourth-order valence-corrected chi connectivity index (χ4v) is 4.17. The number of halogens is 2. The van der Waals surface area contributed by atoms with E-state index < -0.39 is 0 Å². The zero-order valence-corrected chi connectivity index (χ0v) is 19.7. The minimum absolute atomic E-state index is 0.166. The predicted octanol–water partition coefficient (Wildman–Crippen LogP) is 8.65. The van der Waals surface area contributed by atoms with E-state index >= 15 is 0 Å². The van der Waals surface area contributed by atoms with E-state index in [2.05, 4.69) is 88.4 Å². The molecule has 0 aromatic heterocycles. The topological polar surface area (TPSA) is 23.8 Å². The summed E-state index contributed by atoms with van der Waals surface area (Å²) < 4.78 is 0. The van der Waals surface area contributed by atoms with E-state index in [1.807, 2.05) is 0 Å². The fourth-order valence-electron chi connectivity index (χ4n) is 4.17. The van der Waals surface area contributed by atoms with Gasteiger partial charge in [0.05, 0.1) is 0 Å². The van der Waals surface area contributed by atoms with Gasteiger partial charge in [-0.1, -0.05) is 92.1 Å². The molecule has 28 heavy (non-hydrogen) atoms. The molecule has 0 spiro atoms. The van der Waals surface area contributed by atoms with Crippen molar-refractivity contribution in [3.63, 3.8) is 0 Å². The van der Waals surface area contributed by atoms with Crippen molar-refractivity contribution in [1.82, 2.24) is 0 Å². The maximum atomic E-state index is 8.58. The molecule has 0 amide bonds. The number of hydrogen-bond acceptors (Lipinski definition) is 0. The summed E-state index contributed by atoms with van der Waals surface area (Å²) in [5.41, 5.74) is 15.5. The summed E-state index contributed by atoms with van der Waals surface area (Å²) >= 11 is -0.181. The Morgan fingerprint density at radius 2 is 1.68 bits per heavy atom. The first kappa shape index (κ1) is 23.1. The number of rotatable bonds is 4. The monoisotopic (exact) mass is 452 g/mol. The molecular weight excluding hydrogens is 425 g/mol. The molecule has 0 aliphatic heterocycles. The fraction of sp³-hybridized carbons (Fsp3) is 0.333. The van der Waals surface area contributed by atoms with Crippen molar-refractivity contribution >= 4 is 25.7 Å². The maximum absolute atomic E-state index is 8.58. The molecule has 149 valence electrons. The van der Waals surface area contributed by atoms with Gasteiger partial charge in [-0.3, -0.25) is 0 Å². The second-order valence-corrected chi connectivity index (χ2v) is 9.50. The molecular formula is C24H28Cl2CrN. The zero-order valence-electron chi connectivity index (χ0n) is 16.9. The van der Waals surface area contributed by atoms with Crippen LogP contribution in [-0.4, -0.2) is 0 Å². The van der Waals surface area contributed by atoms with E-state index in [1.54, 1.807) is 0 Å². The second-order valence-electron chi connectivity index (χ2n) is 7.39. The van der Waals surface area contributed by atoms with Gasteiger partial charge < -0.3 is 5.73 Å². The number of allylic oxidation sites excluding steroid dienone is 9. The van der Waals surface area contributed by atoms with Crippen LogP contribution in [0, 0.1) is 11.3 Å². The second kappa shape index (κ2) is 10.6. The summed E-state index contributed by atoms with van der Waals surface area (Å²) in [6, 6.07) is 10.8. The Kier molecular flexibility index (Phi) is 8.72. The van der Waals surface area contributed by atoms with Crippen LogP contribution in [-0.2, 0) is 13.4 Å². The Morgan fingerprint density at radius 1 is 1.11 bits per heavy atom. The van der Waals surface area contributed by atoms with Gasteiger partial charge >= 0.3 is 33.5 Å². The normalized spacial score (nSPS) is 23.3. The third-order valence-electron chi connectivity index (χ3n) is 5.83. The van der Waals surface area contributed by atoms with E-state index in [4.69, 9.17) is 25.8 Å². The van der Waals surface area contributed by atoms with E-state index in [9.17, 15) is 0 Å². The number of nitrogens with one attached hydrogen (secondary N) is 1. The molecule has 1 aromatic rings. The van der Waals surface area contributed by atoms with Crippen molar-refractivity contribution in [2.24, 2.45) is 11.3 Å². The molecule has 0 saturated heterocycles. The summed E-state index contributed by atoms with van der Waals surface area (Å²) in [5.74, 6) is 0.308. The molecule has 1 nitrogen and oxygen atoms in total. The van der Waals surface area contributed by atoms with Crippen molar-refractivity contribution < 1.29 is 13.4 Å². The van der Waals surface area contributed by atoms with Crippen LogP contribution < -0.4 is 0 Å². The molecule has 0 bridgehead atoms. The molecule has 1 N–H and O–H groups in total. The van der Waals surface area contributed by atoms with Crippen LogP contribution >= 0.6 is 20.1 Å². The molecule has 0 saturated carbocycles. The van der Waals surface area contributed by atoms with Gasteiger partial charge in [0.1, 0.15) is 0 Å². The Balaban J connectivity index is 0.000000878. The molecule has 0 heterocycles.